The van der Waals surface area contributed by atoms with Crippen LogP contribution in [0.3, 0.4) is 0 Å². The number of hydrogen-bond donors (Lipinski definition) is 0. The van der Waals surface area contributed by atoms with Crippen molar-refractivity contribution in [1.29, 1.82) is 0 Å². The second-order valence-electron chi connectivity index (χ2n) is 4.13. The molecule has 5 heteroatoms. The SMILES string of the molecule is COC(=O)C1CC(=O)C=CN1c1ccc(OC)cc1. The number of esters is 1. The normalized spacial score (nSPS) is 18.3. The first-order chi connectivity index (χ1) is 9.15. The molecule has 0 saturated carbocycles. The highest BCUT2D eigenvalue weighted by atomic mass is 16.5. The number of ketones is 1. The van der Waals surface area contributed by atoms with E-state index in [2.05, 4.69) is 0 Å². The molecule has 0 fully saturated rings. The Morgan fingerprint density at radius 2 is 1.95 bits per heavy atom. The number of hydrogen-bond acceptors (Lipinski definition) is 5. The molecule has 0 radical (unpaired) electrons. The van der Waals surface area contributed by atoms with Crippen molar-refractivity contribution in [2.75, 3.05) is 19.1 Å². The summed E-state index contributed by atoms with van der Waals surface area (Å²) < 4.78 is 9.83. The zero-order valence-corrected chi connectivity index (χ0v) is 10.8. The fraction of sp³-hybridized carbons (Fsp3) is 0.286. The van der Waals surface area contributed by atoms with Crippen molar-refractivity contribution in [2.45, 2.75) is 12.5 Å². The minimum Gasteiger partial charge on any atom is -0.497 e. The summed E-state index contributed by atoms with van der Waals surface area (Å²) in [5.74, 6) is 0.226. The van der Waals surface area contributed by atoms with Gasteiger partial charge in [0.05, 0.1) is 14.2 Å². The quantitative estimate of drug-likeness (QED) is 0.772. The molecule has 0 N–H and O–H groups in total. The van der Waals surface area contributed by atoms with Gasteiger partial charge in [-0.2, -0.15) is 0 Å². The van der Waals surface area contributed by atoms with Gasteiger partial charge in [-0.15, -0.1) is 0 Å². The highest BCUT2D eigenvalue weighted by molar-refractivity contribution is 5.97. The van der Waals surface area contributed by atoms with Crippen LogP contribution in [0.1, 0.15) is 6.42 Å². The van der Waals surface area contributed by atoms with Gasteiger partial charge in [-0.25, -0.2) is 4.79 Å². The third-order valence-electron chi connectivity index (χ3n) is 3.00. The summed E-state index contributed by atoms with van der Waals surface area (Å²) in [7, 11) is 2.91. The Morgan fingerprint density at radius 3 is 2.53 bits per heavy atom. The largest absolute Gasteiger partial charge is 0.497 e. The number of carbonyl (C=O) groups excluding carboxylic acids is 2. The third-order valence-corrected chi connectivity index (χ3v) is 3.00. The number of methoxy groups -OCH3 is 2. The van der Waals surface area contributed by atoms with Gasteiger partial charge in [0, 0.05) is 18.3 Å². The molecule has 0 saturated heterocycles. The molecular formula is C14H15NO4. The summed E-state index contributed by atoms with van der Waals surface area (Å²) in [6.45, 7) is 0. The molecule has 1 unspecified atom stereocenters. The number of allylic oxidation sites excluding steroid dienone is 1. The smallest absolute Gasteiger partial charge is 0.329 e. The minimum atomic E-state index is -0.615. The number of rotatable bonds is 3. The van der Waals surface area contributed by atoms with E-state index in [1.165, 1.54) is 13.2 Å². The maximum Gasteiger partial charge on any atom is 0.329 e. The molecular weight excluding hydrogens is 246 g/mol. The van der Waals surface area contributed by atoms with E-state index < -0.39 is 12.0 Å². The predicted octanol–water partition coefficient (Wildman–Crippen LogP) is 1.53. The van der Waals surface area contributed by atoms with Crippen LogP contribution in [0.15, 0.2) is 36.5 Å². The lowest BCUT2D eigenvalue weighted by Crippen LogP contribution is -2.42. The van der Waals surface area contributed by atoms with Crippen LogP contribution in [0.2, 0.25) is 0 Å². The summed E-state index contributed by atoms with van der Waals surface area (Å²) in [6, 6.07) is 6.64. The zero-order chi connectivity index (χ0) is 13.8. The maximum absolute atomic E-state index is 11.7. The van der Waals surface area contributed by atoms with E-state index in [0.29, 0.717) is 0 Å². The molecule has 19 heavy (non-hydrogen) atoms. The van der Waals surface area contributed by atoms with Gasteiger partial charge >= 0.3 is 5.97 Å². The molecule has 2 rings (SSSR count). The lowest BCUT2D eigenvalue weighted by molar-refractivity contribution is -0.143. The van der Waals surface area contributed by atoms with Crippen LogP contribution in [0, 0.1) is 0 Å². The average Bonchev–Trinajstić information content (AvgIpc) is 2.46. The summed E-state index contributed by atoms with van der Waals surface area (Å²) in [6.07, 6.45) is 3.19. The van der Waals surface area contributed by atoms with Crippen molar-refractivity contribution in [1.82, 2.24) is 0 Å². The van der Waals surface area contributed by atoms with Crippen molar-refractivity contribution < 1.29 is 19.1 Å². The van der Waals surface area contributed by atoms with Crippen molar-refractivity contribution >= 4 is 17.4 Å². The van der Waals surface area contributed by atoms with Gasteiger partial charge in [-0.3, -0.25) is 4.79 Å². The van der Waals surface area contributed by atoms with Gasteiger partial charge in [-0.05, 0) is 30.3 Å². The topological polar surface area (TPSA) is 55.8 Å². The second kappa shape index (κ2) is 5.56. The third kappa shape index (κ3) is 2.76. The Labute approximate surface area is 111 Å². The van der Waals surface area contributed by atoms with Crippen LogP contribution < -0.4 is 9.64 Å². The molecule has 1 aromatic rings. The fourth-order valence-corrected chi connectivity index (χ4v) is 1.98. The van der Waals surface area contributed by atoms with Crippen LogP contribution in [0.4, 0.5) is 5.69 Å². The highest BCUT2D eigenvalue weighted by Gasteiger charge is 2.30. The molecule has 0 spiro atoms. The van der Waals surface area contributed by atoms with E-state index in [4.69, 9.17) is 9.47 Å². The van der Waals surface area contributed by atoms with Crippen LogP contribution >= 0.6 is 0 Å². The van der Waals surface area contributed by atoms with Gasteiger partial charge in [0.25, 0.3) is 0 Å². The molecule has 1 aliphatic heterocycles. The standard InChI is InChI=1S/C14H15NO4/c1-18-12-5-3-10(4-6-12)15-8-7-11(16)9-13(15)14(17)19-2/h3-8,13H,9H2,1-2H3. The van der Waals surface area contributed by atoms with Crippen molar-refractivity contribution in [2.24, 2.45) is 0 Å². The molecule has 0 amide bonds. The lowest BCUT2D eigenvalue weighted by atomic mass is 10.0. The van der Waals surface area contributed by atoms with Gasteiger partial charge in [-0.1, -0.05) is 0 Å². The summed E-state index contributed by atoms with van der Waals surface area (Å²) in [5.41, 5.74) is 0.806. The predicted molar refractivity (Wildman–Crippen MR) is 70.0 cm³/mol. The fourth-order valence-electron chi connectivity index (χ4n) is 1.98. The zero-order valence-electron chi connectivity index (χ0n) is 10.8. The number of carbonyl (C=O) groups is 2. The van der Waals surface area contributed by atoms with Crippen molar-refractivity contribution in [3.8, 4) is 5.75 Å². The van der Waals surface area contributed by atoms with E-state index in [9.17, 15) is 9.59 Å². The molecule has 100 valence electrons. The van der Waals surface area contributed by atoms with Gasteiger partial charge in [0.1, 0.15) is 11.8 Å². The van der Waals surface area contributed by atoms with Crippen molar-refractivity contribution in [3.05, 3.63) is 36.5 Å². The Kier molecular flexibility index (Phi) is 3.85. The Hall–Kier alpha value is -2.30. The van der Waals surface area contributed by atoms with Crippen molar-refractivity contribution in [3.63, 3.8) is 0 Å². The molecule has 1 atom stereocenters. The maximum atomic E-state index is 11.7. The van der Waals surface area contributed by atoms with Gasteiger partial charge in [0.15, 0.2) is 5.78 Å². The molecule has 1 heterocycles. The molecule has 0 aliphatic carbocycles. The second-order valence-corrected chi connectivity index (χ2v) is 4.13. The van der Waals surface area contributed by atoms with Crippen LogP contribution in [0.25, 0.3) is 0 Å². The Balaban J connectivity index is 2.30. The van der Waals surface area contributed by atoms with E-state index in [0.717, 1.165) is 11.4 Å². The van der Waals surface area contributed by atoms with Gasteiger partial charge < -0.3 is 14.4 Å². The first-order valence-corrected chi connectivity index (χ1v) is 5.87. The summed E-state index contributed by atoms with van der Waals surface area (Å²) >= 11 is 0. The first kappa shape index (κ1) is 13.1. The first-order valence-electron chi connectivity index (χ1n) is 5.87. The number of ether oxygens (including phenoxy) is 2. The molecule has 0 aromatic heterocycles. The number of nitrogens with zero attached hydrogens (tertiary/aromatic N) is 1. The Bertz CT molecular complexity index is 507. The molecule has 0 bridgehead atoms. The van der Waals surface area contributed by atoms with Crippen LogP contribution in [-0.4, -0.2) is 32.0 Å². The van der Waals surface area contributed by atoms with E-state index in [1.807, 2.05) is 12.1 Å². The number of benzene rings is 1. The van der Waals surface area contributed by atoms with Crippen LogP contribution in [0.5, 0.6) is 5.75 Å². The average molecular weight is 261 g/mol. The molecule has 1 aromatic carbocycles. The van der Waals surface area contributed by atoms with Crippen LogP contribution in [-0.2, 0) is 14.3 Å². The summed E-state index contributed by atoms with van der Waals surface area (Å²) in [4.78, 5) is 24.9. The lowest BCUT2D eigenvalue weighted by Gasteiger charge is -2.30. The highest BCUT2D eigenvalue weighted by Crippen LogP contribution is 2.25. The van der Waals surface area contributed by atoms with E-state index in [-0.39, 0.29) is 12.2 Å². The Morgan fingerprint density at radius 1 is 1.26 bits per heavy atom. The van der Waals surface area contributed by atoms with Gasteiger partial charge in [0.2, 0.25) is 0 Å². The molecule has 1 aliphatic rings. The minimum absolute atomic E-state index is 0.0832. The number of anilines is 1. The summed E-state index contributed by atoms with van der Waals surface area (Å²) in [5, 5.41) is 0. The molecule has 5 nitrogen and oxygen atoms in total. The van der Waals surface area contributed by atoms with E-state index in [1.54, 1.807) is 30.3 Å². The van der Waals surface area contributed by atoms with E-state index >= 15 is 0 Å². The monoisotopic (exact) mass is 261 g/mol.